The molecule has 4 nitrogen and oxygen atoms in total. The van der Waals surface area contributed by atoms with Gasteiger partial charge >= 0.3 is 0 Å². The zero-order chi connectivity index (χ0) is 13.3. The van der Waals surface area contributed by atoms with Gasteiger partial charge in [0, 0.05) is 18.6 Å². The average Bonchev–Trinajstić information content (AvgIpc) is 2.84. The summed E-state index contributed by atoms with van der Waals surface area (Å²) in [5.41, 5.74) is 1.29. The number of benzene rings is 1. The van der Waals surface area contributed by atoms with E-state index in [0.717, 1.165) is 37.4 Å². The fraction of sp³-hybridized carbons (Fsp3) is 0.571. The van der Waals surface area contributed by atoms with Crippen LogP contribution in [0.3, 0.4) is 0 Å². The fourth-order valence-electron chi connectivity index (χ4n) is 2.55. The highest BCUT2D eigenvalue weighted by Crippen LogP contribution is 2.38. The summed E-state index contributed by atoms with van der Waals surface area (Å²) in [6.45, 7) is 6.26. The van der Waals surface area contributed by atoms with Gasteiger partial charge in [0.25, 0.3) is 0 Å². The number of hydrogen-bond acceptors (Lipinski definition) is 4. The monoisotopic (exact) mass is 282 g/mol. The Morgan fingerprint density at radius 3 is 3.00 bits per heavy atom. The molecule has 19 heavy (non-hydrogen) atoms. The number of fused-ring (bicyclic) bond motifs is 1. The molecule has 104 valence electrons. The lowest BCUT2D eigenvalue weighted by molar-refractivity contribution is 0.171. The molecule has 1 atom stereocenters. The van der Waals surface area contributed by atoms with Gasteiger partial charge in [-0.2, -0.15) is 0 Å². The van der Waals surface area contributed by atoms with Crippen molar-refractivity contribution < 1.29 is 9.47 Å². The van der Waals surface area contributed by atoms with Crippen LogP contribution < -0.4 is 20.1 Å². The number of hydrogen-bond donors (Lipinski definition) is 2. The highest BCUT2D eigenvalue weighted by molar-refractivity contribution is 6.32. The molecule has 0 aliphatic carbocycles. The summed E-state index contributed by atoms with van der Waals surface area (Å²) < 4.78 is 11.1. The first kappa shape index (κ1) is 13.0. The third-order valence-corrected chi connectivity index (χ3v) is 4.03. The van der Waals surface area contributed by atoms with Crippen LogP contribution in [0, 0.1) is 0 Å². The van der Waals surface area contributed by atoms with E-state index in [2.05, 4.69) is 17.6 Å². The number of halogens is 1. The van der Waals surface area contributed by atoms with Crippen LogP contribution >= 0.6 is 11.6 Å². The van der Waals surface area contributed by atoms with Crippen LogP contribution in [-0.4, -0.2) is 31.8 Å². The van der Waals surface area contributed by atoms with Gasteiger partial charge in [-0.3, -0.25) is 0 Å². The Morgan fingerprint density at radius 2 is 2.21 bits per heavy atom. The van der Waals surface area contributed by atoms with E-state index < -0.39 is 0 Å². The molecular formula is C14H19ClN2O2. The zero-order valence-corrected chi connectivity index (χ0v) is 11.8. The van der Waals surface area contributed by atoms with E-state index in [0.29, 0.717) is 24.0 Å². The summed E-state index contributed by atoms with van der Waals surface area (Å²) in [5, 5.41) is 7.60. The largest absolute Gasteiger partial charge is 0.486 e. The van der Waals surface area contributed by atoms with Gasteiger partial charge < -0.3 is 20.1 Å². The minimum Gasteiger partial charge on any atom is -0.486 e. The van der Waals surface area contributed by atoms with Crippen molar-refractivity contribution in [3.05, 3.63) is 22.7 Å². The van der Waals surface area contributed by atoms with Crippen molar-refractivity contribution in [1.82, 2.24) is 10.6 Å². The molecule has 2 N–H and O–H groups in total. The van der Waals surface area contributed by atoms with Crippen molar-refractivity contribution in [2.75, 3.05) is 26.3 Å². The Kier molecular flexibility index (Phi) is 3.56. The molecule has 2 aliphatic heterocycles. The fourth-order valence-corrected chi connectivity index (χ4v) is 2.84. The third-order valence-electron chi connectivity index (χ3n) is 3.74. The molecule has 1 saturated heterocycles. The lowest BCUT2D eigenvalue weighted by Crippen LogP contribution is -2.43. The average molecular weight is 283 g/mol. The van der Waals surface area contributed by atoms with Crippen molar-refractivity contribution in [1.29, 1.82) is 0 Å². The summed E-state index contributed by atoms with van der Waals surface area (Å²) in [7, 11) is 0. The van der Waals surface area contributed by atoms with E-state index in [-0.39, 0.29) is 5.54 Å². The smallest absolute Gasteiger partial charge is 0.179 e. The highest BCUT2D eigenvalue weighted by Gasteiger charge is 2.27. The molecule has 0 amide bonds. The van der Waals surface area contributed by atoms with Crippen LogP contribution in [0.2, 0.25) is 5.02 Å². The normalized spacial score (nSPS) is 25.6. The molecule has 1 fully saturated rings. The lowest BCUT2D eigenvalue weighted by Gasteiger charge is -2.25. The third kappa shape index (κ3) is 2.81. The van der Waals surface area contributed by atoms with Gasteiger partial charge in [0.05, 0.1) is 5.02 Å². The van der Waals surface area contributed by atoms with E-state index in [1.807, 2.05) is 12.1 Å². The Bertz CT molecular complexity index is 473. The van der Waals surface area contributed by atoms with Gasteiger partial charge in [-0.1, -0.05) is 11.6 Å². The molecule has 1 aromatic rings. The molecule has 1 unspecified atom stereocenters. The van der Waals surface area contributed by atoms with Gasteiger partial charge in [-0.05, 0) is 37.6 Å². The standard InChI is InChI=1S/C14H19ClN2O2/c1-14(2-3-16-9-14)17-8-10-6-11(15)13-12(7-10)18-4-5-19-13/h6-7,16-17H,2-5,8-9H2,1H3. The molecule has 2 aliphatic rings. The van der Waals surface area contributed by atoms with E-state index >= 15 is 0 Å². The molecule has 0 saturated carbocycles. The predicted molar refractivity (Wildman–Crippen MR) is 75.2 cm³/mol. The zero-order valence-electron chi connectivity index (χ0n) is 11.1. The maximum absolute atomic E-state index is 6.23. The molecule has 0 bridgehead atoms. The van der Waals surface area contributed by atoms with Crippen molar-refractivity contribution in [3.63, 3.8) is 0 Å². The second kappa shape index (κ2) is 5.19. The SMILES string of the molecule is CC1(NCc2cc(Cl)c3c(c2)OCCO3)CCNC1. The van der Waals surface area contributed by atoms with E-state index in [1.54, 1.807) is 0 Å². The van der Waals surface area contributed by atoms with Crippen molar-refractivity contribution in [2.24, 2.45) is 0 Å². The Hall–Kier alpha value is -0.970. The maximum atomic E-state index is 6.23. The first-order valence-corrected chi connectivity index (χ1v) is 7.08. The van der Waals surface area contributed by atoms with Gasteiger partial charge in [0.2, 0.25) is 0 Å². The molecule has 5 heteroatoms. The minimum atomic E-state index is 0.166. The first-order valence-electron chi connectivity index (χ1n) is 6.70. The Balaban J connectivity index is 1.72. The number of rotatable bonds is 3. The van der Waals surface area contributed by atoms with Crippen LogP contribution in [0.1, 0.15) is 18.9 Å². The topological polar surface area (TPSA) is 42.5 Å². The quantitative estimate of drug-likeness (QED) is 0.889. The van der Waals surface area contributed by atoms with E-state index in [4.69, 9.17) is 21.1 Å². The second-order valence-electron chi connectivity index (χ2n) is 5.44. The van der Waals surface area contributed by atoms with Crippen molar-refractivity contribution >= 4 is 11.6 Å². The van der Waals surface area contributed by atoms with Crippen molar-refractivity contribution in [2.45, 2.75) is 25.4 Å². The minimum absolute atomic E-state index is 0.166. The molecule has 1 aromatic carbocycles. The number of nitrogens with one attached hydrogen (secondary N) is 2. The van der Waals surface area contributed by atoms with Crippen LogP contribution in [0.5, 0.6) is 11.5 Å². The molecule has 0 spiro atoms. The molecule has 2 heterocycles. The van der Waals surface area contributed by atoms with Crippen LogP contribution in [0.4, 0.5) is 0 Å². The van der Waals surface area contributed by atoms with Crippen LogP contribution in [0.15, 0.2) is 12.1 Å². The van der Waals surface area contributed by atoms with Gasteiger partial charge in [0.1, 0.15) is 13.2 Å². The van der Waals surface area contributed by atoms with Crippen molar-refractivity contribution in [3.8, 4) is 11.5 Å². The summed E-state index contributed by atoms with van der Waals surface area (Å²) in [6, 6.07) is 3.97. The summed E-state index contributed by atoms with van der Waals surface area (Å²) in [5.74, 6) is 1.43. The summed E-state index contributed by atoms with van der Waals surface area (Å²) >= 11 is 6.23. The summed E-state index contributed by atoms with van der Waals surface area (Å²) in [4.78, 5) is 0. The first-order chi connectivity index (χ1) is 9.16. The molecular weight excluding hydrogens is 264 g/mol. The lowest BCUT2D eigenvalue weighted by atomic mass is 10.0. The van der Waals surface area contributed by atoms with Crippen LogP contribution in [-0.2, 0) is 6.54 Å². The Morgan fingerprint density at radius 1 is 1.37 bits per heavy atom. The maximum Gasteiger partial charge on any atom is 0.179 e. The molecule has 3 rings (SSSR count). The van der Waals surface area contributed by atoms with Gasteiger partial charge in [0.15, 0.2) is 11.5 Å². The summed E-state index contributed by atoms with van der Waals surface area (Å²) in [6.07, 6.45) is 1.14. The molecule has 0 radical (unpaired) electrons. The Labute approximate surface area is 118 Å². The predicted octanol–water partition coefficient (Wildman–Crippen LogP) is 1.95. The van der Waals surface area contributed by atoms with E-state index in [9.17, 15) is 0 Å². The van der Waals surface area contributed by atoms with Gasteiger partial charge in [-0.15, -0.1) is 0 Å². The van der Waals surface area contributed by atoms with E-state index in [1.165, 1.54) is 0 Å². The second-order valence-corrected chi connectivity index (χ2v) is 5.85. The van der Waals surface area contributed by atoms with Crippen LogP contribution in [0.25, 0.3) is 0 Å². The highest BCUT2D eigenvalue weighted by atomic mass is 35.5. The molecule has 0 aromatic heterocycles. The number of ether oxygens (including phenoxy) is 2. The van der Waals surface area contributed by atoms with Gasteiger partial charge in [-0.25, -0.2) is 0 Å².